The Morgan fingerprint density at radius 2 is 1.93 bits per heavy atom. The number of hydrogen-bond donors (Lipinski definition) is 1. The number of hydrogen-bond acceptors (Lipinski definition) is 2. The van der Waals surface area contributed by atoms with E-state index in [1.54, 1.807) is 0 Å². The first-order valence-corrected chi connectivity index (χ1v) is 4.80. The van der Waals surface area contributed by atoms with E-state index in [4.69, 9.17) is 16.3 Å². The molecule has 4 heteroatoms. The van der Waals surface area contributed by atoms with Crippen LogP contribution < -0.4 is 10.1 Å². The normalized spacial score (nSPS) is 9.29. The smallest absolute Gasteiger partial charge is 0.119 e. The van der Waals surface area contributed by atoms with Crippen molar-refractivity contribution < 1.29 is 4.74 Å². The maximum atomic E-state index is 5.73. The van der Waals surface area contributed by atoms with E-state index in [1.165, 1.54) is 0 Å². The van der Waals surface area contributed by atoms with Gasteiger partial charge in [0, 0.05) is 11.6 Å². The van der Waals surface area contributed by atoms with Gasteiger partial charge in [0.15, 0.2) is 0 Å². The third kappa shape index (κ3) is 5.32. The molecule has 0 aliphatic rings. The molecule has 1 aromatic carbocycles. The third-order valence-electron chi connectivity index (χ3n) is 1.61. The Morgan fingerprint density at radius 1 is 1.29 bits per heavy atom. The van der Waals surface area contributed by atoms with E-state index in [0.29, 0.717) is 6.61 Å². The van der Waals surface area contributed by atoms with E-state index >= 15 is 0 Å². The van der Waals surface area contributed by atoms with Crippen molar-refractivity contribution in [2.45, 2.75) is 6.92 Å². The van der Waals surface area contributed by atoms with Gasteiger partial charge < -0.3 is 10.1 Å². The molecule has 1 N–H and O–H groups in total. The van der Waals surface area contributed by atoms with E-state index < -0.39 is 0 Å². The summed E-state index contributed by atoms with van der Waals surface area (Å²) in [5.41, 5.74) is 0. The summed E-state index contributed by atoms with van der Waals surface area (Å²) in [5, 5.41) is 3.91. The van der Waals surface area contributed by atoms with Crippen molar-refractivity contribution in [3.8, 4) is 5.75 Å². The molecule has 0 amide bonds. The molecule has 0 bridgehead atoms. The number of benzene rings is 1. The fourth-order valence-corrected chi connectivity index (χ4v) is 1.07. The Bertz CT molecular complexity index is 238. The van der Waals surface area contributed by atoms with Gasteiger partial charge in [0.1, 0.15) is 12.4 Å². The van der Waals surface area contributed by atoms with Gasteiger partial charge in [-0.15, -0.1) is 12.4 Å². The molecule has 2 nitrogen and oxygen atoms in total. The van der Waals surface area contributed by atoms with Crippen molar-refractivity contribution in [2.24, 2.45) is 0 Å². The lowest BCUT2D eigenvalue weighted by molar-refractivity contribution is 0.315. The SMILES string of the molecule is CCNCCOc1ccc(Cl)cc1.Cl. The average molecular weight is 236 g/mol. The van der Waals surface area contributed by atoms with Crippen LogP contribution in [0.3, 0.4) is 0 Å². The maximum absolute atomic E-state index is 5.73. The minimum atomic E-state index is 0. The molecule has 0 unspecified atom stereocenters. The molecule has 1 rings (SSSR count). The van der Waals surface area contributed by atoms with Gasteiger partial charge >= 0.3 is 0 Å². The molecule has 0 aromatic heterocycles. The Hall–Kier alpha value is -0.440. The number of rotatable bonds is 5. The standard InChI is InChI=1S/C10H14ClNO.ClH/c1-2-12-7-8-13-10-5-3-9(11)4-6-10;/h3-6,12H,2,7-8H2,1H3;1H. The Kier molecular flexibility index (Phi) is 7.67. The maximum Gasteiger partial charge on any atom is 0.119 e. The van der Waals surface area contributed by atoms with Crippen LogP contribution in [-0.4, -0.2) is 19.7 Å². The monoisotopic (exact) mass is 235 g/mol. The summed E-state index contributed by atoms with van der Waals surface area (Å²) in [6, 6.07) is 7.39. The summed E-state index contributed by atoms with van der Waals surface area (Å²) < 4.78 is 5.44. The lowest BCUT2D eigenvalue weighted by Crippen LogP contribution is -2.20. The average Bonchev–Trinajstić information content (AvgIpc) is 2.15. The molecule has 0 saturated carbocycles. The zero-order valence-corrected chi connectivity index (χ0v) is 9.70. The number of ether oxygens (including phenoxy) is 1. The lowest BCUT2D eigenvalue weighted by atomic mass is 10.3. The minimum absolute atomic E-state index is 0. The van der Waals surface area contributed by atoms with Gasteiger partial charge in [0.25, 0.3) is 0 Å². The summed E-state index contributed by atoms with van der Waals surface area (Å²) in [6.07, 6.45) is 0. The van der Waals surface area contributed by atoms with Gasteiger partial charge in [-0.3, -0.25) is 0 Å². The van der Waals surface area contributed by atoms with Gasteiger partial charge in [-0.05, 0) is 30.8 Å². The van der Waals surface area contributed by atoms with E-state index in [0.717, 1.165) is 23.9 Å². The highest BCUT2D eigenvalue weighted by Crippen LogP contribution is 2.14. The Morgan fingerprint density at radius 3 is 2.50 bits per heavy atom. The van der Waals surface area contributed by atoms with Gasteiger partial charge in [-0.25, -0.2) is 0 Å². The predicted octanol–water partition coefficient (Wildman–Crippen LogP) is 2.75. The first-order valence-electron chi connectivity index (χ1n) is 4.42. The van der Waals surface area contributed by atoms with Gasteiger partial charge in [-0.1, -0.05) is 18.5 Å². The van der Waals surface area contributed by atoms with E-state index in [1.807, 2.05) is 24.3 Å². The van der Waals surface area contributed by atoms with Crippen molar-refractivity contribution in [3.05, 3.63) is 29.3 Å². The zero-order valence-electron chi connectivity index (χ0n) is 8.13. The molecule has 0 heterocycles. The number of nitrogens with one attached hydrogen (secondary N) is 1. The number of likely N-dealkylation sites (N-methyl/N-ethyl adjacent to an activating group) is 1. The minimum Gasteiger partial charge on any atom is -0.492 e. The fraction of sp³-hybridized carbons (Fsp3) is 0.400. The first kappa shape index (κ1) is 13.6. The topological polar surface area (TPSA) is 21.3 Å². The summed E-state index contributed by atoms with van der Waals surface area (Å²) >= 11 is 5.73. The van der Waals surface area contributed by atoms with Crippen molar-refractivity contribution in [3.63, 3.8) is 0 Å². The van der Waals surface area contributed by atoms with Crippen molar-refractivity contribution in [1.29, 1.82) is 0 Å². The molecule has 1 aromatic rings. The largest absolute Gasteiger partial charge is 0.492 e. The van der Waals surface area contributed by atoms with Gasteiger partial charge in [0.05, 0.1) is 0 Å². The van der Waals surface area contributed by atoms with Crippen LogP contribution in [0.5, 0.6) is 5.75 Å². The molecule has 0 aliphatic carbocycles. The van der Waals surface area contributed by atoms with E-state index in [9.17, 15) is 0 Å². The van der Waals surface area contributed by atoms with E-state index in [-0.39, 0.29) is 12.4 Å². The molecule has 0 fully saturated rings. The second-order valence-electron chi connectivity index (χ2n) is 2.66. The summed E-state index contributed by atoms with van der Waals surface area (Å²) in [6.45, 7) is 4.61. The highest BCUT2D eigenvalue weighted by atomic mass is 35.5. The van der Waals surface area contributed by atoms with Crippen molar-refractivity contribution in [1.82, 2.24) is 5.32 Å². The van der Waals surface area contributed by atoms with Gasteiger partial charge in [-0.2, -0.15) is 0 Å². The summed E-state index contributed by atoms with van der Waals surface area (Å²) in [7, 11) is 0. The molecule has 0 spiro atoms. The van der Waals surface area contributed by atoms with Crippen LogP contribution in [-0.2, 0) is 0 Å². The molecular weight excluding hydrogens is 221 g/mol. The summed E-state index contributed by atoms with van der Waals surface area (Å²) in [4.78, 5) is 0. The molecule has 0 saturated heterocycles. The van der Waals surface area contributed by atoms with Crippen molar-refractivity contribution in [2.75, 3.05) is 19.7 Å². The molecule has 80 valence electrons. The second-order valence-corrected chi connectivity index (χ2v) is 3.09. The number of halogens is 2. The summed E-state index contributed by atoms with van der Waals surface area (Å²) in [5.74, 6) is 0.863. The fourth-order valence-electron chi connectivity index (χ4n) is 0.949. The Balaban J connectivity index is 0.00000169. The van der Waals surface area contributed by atoms with Crippen LogP contribution in [0.25, 0.3) is 0 Å². The quantitative estimate of drug-likeness (QED) is 0.793. The molecule has 14 heavy (non-hydrogen) atoms. The van der Waals surface area contributed by atoms with Crippen LogP contribution in [0, 0.1) is 0 Å². The molecular formula is C10H15Cl2NO. The highest BCUT2D eigenvalue weighted by molar-refractivity contribution is 6.30. The zero-order chi connectivity index (χ0) is 9.52. The van der Waals surface area contributed by atoms with Crippen LogP contribution in [0.15, 0.2) is 24.3 Å². The third-order valence-corrected chi connectivity index (χ3v) is 1.86. The lowest BCUT2D eigenvalue weighted by Gasteiger charge is -2.05. The highest BCUT2D eigenvalue weighted by Gasteiger charge is 1.92. The van der Waals surface area contributed by atoms with Gasteiger partial charge in [0.2, 0.25) is 0 Å². The van der Waals surface area contributed by atoms with Crippen LogP contribution in [0.1, 0.15) is 6.92 Å². The van der Waals surface area contributed by atoms with Crippen molar-refractivity contribution >= 4 is 24.0 Å². The van der Waals surface area contributed by atoms with Crippen LogP contribution in [0.4, 0.5) is 0 Å². The second kappa shape index (κ2) is 7.92. The molecule has 0 aliphatic heterocycles. The molecule has 0 atom stereocenters. The van der Waals surface area contributed by atoms with Crippen LogP contribution in [0.2, 0.25) is 5.02 Å². The first-order chi connectivity index (χ1) is 6.33. The predicted molar refractivity (Wildman–Crippen MR) is 62.7 cm³/mol. The van der Waals surface area contributed by atoms with E-state index in [2.05, 4.69) is 12.2 Å². The van der Waals surface area contributed by atoms with Crippen LogP contribution >= 0.6 is 24.0 Å². The molecule has 0 radical (unpaired) electrons. The Labute approximate surface area is 96.0 Å².